The Labute approximate surface area is 183 Å². The van der Waals surface area contributed by atoms with Crippen molar-refractivity contribution in [2.24, 2.45) is 0 Å². The van der Waals surface area contributed by atoms with Crippen LogP contribution in [0.15, 0.2) is 0 Å². The largest absolute Gasteiger partial charge is 0.204 e. The molecule has 0 aromatic heterocycles. The molecule has 27 heavy (non-hydrogen) atoms. The molecule has 0 heterocycles. The van der Waals surface area contributed by atoms with Gasteiger partial charge in [0.15, 0.2) is 15.2 Å². The molecule has 0 aromatic rings. The molecule has 0 aliphatic heterocycles. The third-order valence-electron chi connectivity index (χ3n) is 8.11. The Hall–Kier alpha value is 1.74. The molecule has 0 spiro atoms. The van der Waals surface area contributed by atoms with Gasteiger partial charge in [0.05, 0.1) is 21.8 Å². The maximum absolute atomic E-state index is 2.95. The SMILES string of the molecule is CC(C)[Si]([SiH2][Si+](C)[Si](C(C)C)([Si](C)(C)C)[Si](C)(C)C)([Si](C)(C)C)[Si](C)(C)C. The molecule has 0 rings (SSSR count). The molecule has 0 aliphatic rings. The monoisotopic (exact) mass is 507 g/mol. The first-order chi connectivity index (χ1) is 11.5. The Bertz CT molecular complexity index is 458. The average Bonchev–Trinajstić information content (AvgIpc) is 2.27. The van der Waals surface area contributed by atoms with E-state index in [4.69, 9.17) is 0 Å². The molecule has 0 fully saturated rings. The lowest BCUT2D eigenvalue weighted by atomic mass is 10.6. The fourth-order valence-corrected chi connectivity index (χ4v) is 280. The smallest absolute Gasteiger partial charge is 0.0718 e. The van der Waals surface area contributed by atoms with Gasteiger partial charge in [0.1, 0.15) is 0 Å². The summed E-state index contributed by atoms with van der Waals surface area (Å²) in [5.41, 5.74) is 2.08. The fourth-order valence-electron chi connectivity index (χ4n) is 8.78. The molecule has 0 saturated carbocycles. The normalized spacial score (nSPS) is 16.1. The molecule has 0 atom stereocenters. The lowest BCUT2D eigenvalue weighted by Crippen LogP contribution is -2.87. The van der Waals surface area contributed by atoms with E-state index in [0.717, 1.165) is 11.1 Å². The second kappa shape index (κ2) is 8.70. The molecule has 0 radical (unpaired) electrons. The van der Waals surface area contributed by atoms with Crippen LogP contribution in [0.2, 0.25) is 96.2 Å². The van der Waals surface area contributed by atoms with Crippen molar-refractivity contribution < 1.29 is 0 Å². The molecule has 0 unspecified atom stereocenters. The van der Waals surface area contributed by atoms with Crippen LogP contribution in [0.25, 0.3) is 0 Å². The second-order valence-electron chi connectivity index (χ2n) is 14.0. The van der Waals surface area contributed by atoms with Crippen LogP contribution in [0.3, 0.4) is 0 Å². The van der Waals surface area contributed by atoms with Gasteiger partial charge in [-0.1, -0.05) is 112 Å². The molecule has 0 N–H and O–H groups in total. The van der Waals surface area contributed by atoms with E-state index in [-0.39, 0.29) is 16.4 Å². The molecule has 0 amide bonds. The predicted octanol–water partition coefficient (Wildman–Crippen LogP) is 6.74. The van der Waals surface area contributed by atoms with E-state index in [1.165, 1.54) is 0 Å². The molecule has 0 saturated heterocycles. The topological polar surface area (TPSA) is 0 Å². The summed E-state index contributed by atoms with van der Waals surface area (Å²) in [7, 11) is -4.47. The minimum atomic E-state index is -1.17. The quantitative estimate of drug-likeness (QED) is 0.303. The zero-order chi connectivity index (χ0) is 22.4. The zero-order valence-electron chi connectivity index (χ0n) is 22.4. The number of rotatable bonds is 9. The van der Waals surface area contributed by atoms with Gasteiger partial charge < -0.3 is 0 Å². The molecule has 8 heteroatoms. The standard InChI is InChI=1S/C19H55Si8/c1-18(2)26(22(6,7)8,23(9,10)11)20-21(5)27(19(3)4,24(12,13)14)25(15,16)17/h18-19H,20H2,1-17H3/q+1. The van der Waals surface area contributed by atoms with Crippen LogP contribution in [0.4, 0.5) is 0 Å². The van der Waals surface area contributed by atoms with E-state index in [9.17, 15) is 0 Å². The third kappa shape index (κ3) is 4.98. The van der Waals surface area contributed by atoms with E-state index in [0.29, 0.717) is 0 Å². The van der Waals surface area contributed by atoms with E-state index in [2.05, 4.69) is 113 Å². The van der Waals surface area contributed by atoms with Crippen LogP contribution in [0.1, 0.15) is 27.7 Å². The first kappa shape index (κ1) is 28.7. The van der Waals surface area contributed by atoms with Gasteiger partial charge in [-0.05, 0) is 5.54 Å². The third-order valence-corrected chi connectivity index (χ3v) is 176. The van der Waals surface area contributed by atoms with E-state index < -0.39 is 43.6 Å². The highest BCUT2D eigenvalue weighted by molar-refractivity contribution is 8.02. The second-order valence-corrected chi connectivity index (χ2v) is 96.0. The van der Waals surface area contributed by atoms with E-state index in [1.807, 2.05) is 0 Å². The van der Waals surface area contributed by atoms with Crippen molar-refractivity contribution in [3.63, 3.8) is 0 Å². The van der Waals surface area contributed by atoms with Gasteiger partial charge in [0.25, 0.3) is 0 Å². The minimum Gasteiger partial charge on any atom is -0.0718 e. The summed E-state index contributed by atoms with van der Waals surface area (Å²) in [6, 6.07) is 0. The Morgan fingerprint density at radius 1 is 0.519 bits per heavy atom. The molecular formula is C19H55Si8+. The summed E-state index contributed by atoms with van der Waals surface area (Å²) in [5, 5.41) is 0. The van der Waals surface area contributed by atoms with Crippen molar-refractivity contribution in [3.8, 4) is 0 Å². The maximum atomic E-state index is 2.95. The fraction of sp³-hybridized carbons (Fsp3) is 1.00. The number of hydrogen-bond acceptors (Lipinski definition) is 0. The summed E-state index contributed by atoms with van der Waals surface area (Å²) in [4.78, 5) is 0. The zero-order valence-corrected chi connectivity index (χ0v) is 30.8. The van der Waals surface area contributed by atoms with Gasteiger partial charge in [-0.2, -0.15) is 0 Å². The lowest BCUT2D eigenvalue weighted by Gasteiger charge is -2.55. The van der Waals surface area contributed by atoms with Crippen molar-refractivity contribution in [1.82, 2.24) is 0 Å². The maximum Gasteiger partial charge on any atom is 0.204 e. The first-order valence-corrected chi connectivity index (χ1v) is 41.2. The van der Waals surface area contributed by atoms with Gasteiger partial charge in [0.2, 0.25) is 7.83 Å². The Morgan fingerprint density at radius 3 is 0.963 bits per heavy atom. The summed E-state index contributed by atoms with van der Waals surface area (Å²) in [6.45, 7) is 45.1. The molecule has 0 nitrogen and oxygen atoms in total. The van der Waals surface area contributed by atoms with Gasteiger partial charge >= 0.3 is 0 Å². The lowest BCUT2D eigenvalue weighted by molar-refractivity contribution is 1.05. The van der Waals surface area contributed by atoms with Crippen LogP contribution in [0.5, 0.6) is 0 Å². The summed E-state index contributed by atoms with van der Waals surface area (Å²) < 4.78 is 0. The molecule has 0 bridgehead atoms. The summed E-state index contributed by atoms with van der Waals surface area (Å²) in [5.74, 6) is 0. The van der Waals surface area contributed by atoms with E-state index in [1.54, 1.807) is 0 Å². The Kier molecular flexibility index (Phi) is 9.26. The van der Waals surface area contributed by atoms with Crippen LogP contribution >= 0.6 is 0 Å². The first-order valence-electron chi connectivity index (χ1n) is 11.3. The number of hydrogen-bond donors (Lipinski definition) is 0. The predicted molar refractivity (Wildman–Crippen MR) is 155 cm³/mol. The van der Waals surface area contributed by atoms with Crippen LogP contribution < -0.4 is 0 Å². The highest BCUT2D eigenvalue weighted by Gasteiger charge is 2.72. The van der Waals surface area contributed by atoms with E-state index >= 15 is 0 Å². The van der Waals surface area contributed by atoms with Crippen LogP contribution in [-0.2, 0) is 0 Å². The summed E-state index contributed by atoms with van der Waals surface area (Å²) in [6.07, 6.45) is 0. The Morgan fingerprint density at radius 2 is 0.815 bits per heavy atom. The average molecular weight is 508 g/mol. The highest BCUT2D eigenvalue weighted by atomic mass is 30.2. The van der Waals surface area contributed by atoms with Crippen LogP contribution in [-0.4, -0.2) is 60.0 Å². The van der Waals surface area contributed by atoms with Crippen molar-refractivity contribution >= 4 is 60.0 Å². The van der Waals surface area contributed by atoms with Gasteiger partial charge in [0, 0.05) is 21.7 Å². The van der Waals surface area contributed by atoms with Gasteiger partial charge in [-0.25, -0.2) is 0 Å². The van der Waals surface area contributed by atoms with Crippen molar-refractivity contribution in [2.75, 3.05) is 0 Å². The Balaban J connectivity index is 6.82. The van der Waals surface area contributed by atoms with Crippen molar-refractivity contribution in [3.05, 3.63) is 0 Å². The minimum absolute atomic E-state index is 0.0758. The van der Waals surface area contributed by atoms with Gasteiger partial charge in [-0.15, -0.1) is 0 Å². The molecule has 0 aromatic carbocycles. The van der Waals surface area contributed by atoms with Crippen molar-refractivity contribution in [1.29, 1.82) is 0 Å². The van der Waals surface area contributed by atoms with Crippen molar-refractivity contribution in [2.45, 2.75) is 124 Å². The molecular weight excluding hydrogens is 453 g/mol. The molecule has 0 aliphatic carbocycles. The highest BCUT2D eigenvalue weighted by Crippen LogP contribution is 2.44. The van der Waals surface area contributed by atoms with Crippen LogP contribution in [0, 0.1) is 0 Å². The molecule has 162 valence electrons. The van der Waals surface area contributed by atoms with Gasteiger partial charge in [-0.3, -0.25) is 0 Å². The summed E-state index contributed by atoms with van der Waals surface area (Å²) >= 11 is 0.